The van der Waals surface area contributed by atoms with E-state index in [0.717, 1.165) is 33.2 Å². The van der Waals surface area contributed by atoms with Gasteiger partial charge in [0.05, 0.1) is 6.42 Å². The molecule has 0 aromatic heterocycles. The van der Waals surface area contributed by atoms with Crippen molar-refractivity contribution in [1.82, 2.24) is 5.43 Å². The molecule has 29 heavy (non-hydrogen) atoms. The minimum atomic E-state index is -0.299. The standard InChI is InChI=1S/C24H25N3O2/c1-15-12-16(2)23(17(3)13-15)25-22(28)14-18(4)26-27-24(29)21-11-7-9-19-8-5-6-10-20(19)21/h5-13H,14H2,1-4H3,(H,25,28)(H,27,29). The van der Waals surface area contributed by atoms with E-state index in [1.807, 2.05) is 69.3 Å². The lowest BCUT2D eigenvalue weighted by Gasteiger charge is -2.13. The Labute approximate surface area is 170 Å². The molecule has 0 spiro atoms. The summed E-state index contributed by atoms with van der Waals surface area (Å²) < 4.78 is 0. The molecule has 0 aliphatic carbocycles. The molecule has 0 unspecified atom stereocenters. The number of carbonyl (C=O) groups excluding carboxylic acids is 2. The van der Waals surface area contributed by atoms with Crippen molar-refractivity contribution >= 4 is 34.0 Å². The van der Waals surface area contributed by atoms with Crippen LogP contribution in [0.15, 0.2) is 59.7 Å². The first kappa shape index (κ1) is 20.3. The van der Waals surface area contributed by atoms with Crippen molar-refractivity contribution in [2.75, 3.05) is 5.32 Å². The van der Waals surface area contributed by atoms with Crippen LogP contribution in [-0.4, -0.2) is 17.5 Å². The third-order valence-corrected chi connectivity index (χ3v) is 4.74. The maximum absolute atomic E-state index is 12.5. The normalized spacial score (nSPS) is 11.4. The maximum Gasteiger partial charge on any atom is 0.271 e. The molecule has 2 amide bonds. The van der Waals surface area contributed by atoms with E-state index in [0.29, 0.717) is 11.3 Å². The van der Waals surface area contributed by atoms with Crippen LogP contribution in [0.1, 0.15) is 40.4 Å². The van der Waals surface area contributed by atoms with Crippen molar-refractivity contribution in [3.05, 3.63) is 76.9 Å². The number of hydrazone groups is 1. The summed E-state index contributed by atoms with van der Waals surface area (Å²) in [6, 6.07) is 17.3. The Hall–Kier alpha value is -3.47. The number of carbonyl (C=O) groups is 2. The van der Waals surface area contributed by atoms with Gasteiger partial charge in [-0.05, 0) is 55.7 Å². The number of nitrogens with one attached hydrogen (secondary N) is 2. The fourth-order valence-electron chi connectivity index (χ4n) is 3.46. The second kappa shape index (κ2) is 8.69. The van der Waals surface area contributed by atoms with Crippen molar-refractivity contribution in [2.24, 2.45) is 5.10 Å². The predicted molar refractivity (Wildman–Crippen MR) is 118 cm³/mol. The van der Waals surface area contributed by atoms with Gasteiger partial charge in [0, 0.05) is 17.0 Å². The average molecular weight is 387 g/mol. The summed E-state index contributed by atoms with van der Waals surface area (Å²) in [5, 5.41) is 8.91. The molecular weight excluding hydrogens is 362 g/mol. The van der Waals surface area contributed by atoms with Crippen LogP contribution in [0.3, 0.4) is 0 Å². The van der Waals surface area contributed by atoms with Gasteiger partial charge in [0.1, 0.15) is 0 Å². The van der Waals surface area contributed by atoms with Crippen LogP contribution in [0.4, 0.5) is 5.69 Å². The van der Waals surface area contributed by atoms with Gasteiger partial charge in [0.15, 0.2) is 0 Å². The number of amides is 2. The Balaban J connectivity index is 1.65. The molecule has 0 radical (unpaired) electrons. The molecule has 5 heteroatoms. The summed E-state index contributed by atoms with van der Waals surface area (Å²) in [4.78, 5) is 24.9. The van der Waals surface area contributed by atoms with Crippen LogP contribution in [0.5, 0.6) is 0 Å². The molecule has 5 nitrogen and oxygen atoms in total. The first-order valence-electron chi connectivity index (χ1n) is 9.54. The SMILES string of the molecule is CC(CC(=O)Nc1c(C)cc(C)cc1C)=NNC(=O)c1cccc2ccccc12. The smallest absolute Gasteiger partial charge is 0.271 e. The molecule has 0 atom stereocenters. The van der Waals surface area contributed by atoms with Crippen LogP contribution in [0.2, 0.25) is 0 Å². The summed E-state index contributed by atoms with van der Waals surface area (Å²) in [6.07, 6.45) is 0.0998. The number of aryl methyl sites for hydroxylation is 3. The fourth-order valence-corrected chi connectivity index (χ4v) is 3.46. The van der Waals surface area contributed by atoms with Crippen LogP contribution < -0.4 is 10.7 Å². The van der Waals surface area contributed by atoms with Crippen LogP contribution in [0, 0.1) is 20.8 Å². The number of anilines is 1. The largest absolute Gasteiger partial charge is 0.325 e. The number of hydrogen-bond donors (Lipinski definition) is 2. The van der Waals surface area contributed by atoms with Gasteiger partial charge in [-0.1, -0.05) is 54.1 Å². The summed E-state index contributed by atoms with van der Waals surface area (Å²) in [6.45, 7) is 7.70. The Bertz CT molecular complexity index is 1090. The Morgan fingerprint density at radius 1 is 0.931 bits per heavy atom. The molecule has 2 N–H and O–H groups in total. The zero-order valence-corrected chi connectivity index (χ0v) is 17.2. The van der Waals surface area contributed by atoms with E-state index >= 15 is 0 Å². The van der Waals surface area contributed by atoms with Crippen molar-refractivity contribution in [2.45, 2.75) is 34.1 Å². The van der Waals surface area contributed by atoms with Crippen LogP contribution in [-0.2, 0) is 4.79 Å². The number of fused-ring (bicyclic) bond motifs is 1. The summed E-state index contributed by atoms with van der Waals surface area (Å²) in [5.74, 6) is -0.465. The molecule has 3 aromatic carbocycles. The lowest BCUT2D eigenvalue weighted by Crippen LogP contribution is -2.22. The van der Waals surface area contributed by atoms with E-state index in [-0.39, 0.29) is 18.2 Å². The maximum atomic E-state index is 12.5. The van der Waals surface area contributed by atoms with Crippen LogP contribution in [0.25, 0.3) is 10.8 Å². The van der Waals surface area contributed by atoms with Gasteiger partial charge in [-0.15, -0.1) is 0 Å². The summed E-state index contributed by atoms with van der Waals surface area (Å²) >= 11 is 0. The van der Waals surface area contributed by atoms with E-state index in [2.05, 4.69) is 15.8 Å². The lowest BCUT2D eigenvalue weighted by molar-refractivity contribution is -0.115. The molecule has 0 saturated heterocycles. The van der Waals surface area contributed by atoms with Crippen LogP contribution >= 0.6 is 0 Å². The number of rotatable bonds is 5. The minimum absolute atomic E-state index is 0.0998. The zero-order chi connectivity index (χ0) is 21.0. The van der Waals surface area contributed by atoms with Gasteiger partial charge in [0.25, 0.3) is 5.91 Å². The molecule has 0 bridgehead atoms. The topological polar surface area (TPSA) is 70.6 Å². The number of nitrogens with zero attached hydrogens (tertiary/aromatic N) is 1. The first-order valence-corrected chi connectivity index (χ1v) is 9.54. The van der Waals surface area contributed by atoms with E-state index in [4.69, 9.17) is 0 Å². The highest BCUT2D eigenvalue weighted by Gasteiger charge is 2.11. The third kappa shape index (κ3) is 4.88. The Morgan fingerprint density at radius 2 is 1.59 bits per heavy atom. The van der Waals surface area contributed by atoms with Crippen molar-refractivity contribution in [3.8, 4) is 0 Å². The third-order valence-electron chi connectivity index (χ3n) is 4.74. The number of hydrogen-bond acceptors (Lipinski definition) is 3. The minimum Gasteiger partial charge on any atom is -0.325 e. The molecule has 148 valence electrons. The van der Waals surface area contributed by atoms with Crippen molar-refractivity contribution in [1.29, 1.82) is 0 Å². The zero-order valence-electron chi connectivity index (χ0n) is 17.2. The Kier molecular flexibility index (Phi) is 6.07. The average Bonchev–Trinajstić information content (AvgIpc) is 2.68. The Morgan fingerprint density at radius 3 is 2.31 bits per heavy atom. The van der Waals surface area contributed by atoms with Gasteiger partial charge >= 0.3 is 0 Å². The molecule has 0 aliphatic rings. The predicted octanol–water partition coefficient (Wildman–Crippen LogP) is 4.90. The van der Waals surface area contributed by atoms with Gasteiger partial charge in [-0.25, -0.2) is 5.43 Å². The van der Waals surface area contributed by atoms with Gasteiger partial charge in [-0.3, -0.25) is 9.59 Å². The highest BCUT2D eigenvalue weighted by atomic mass is 16.2. The second-order valence-electron chi connectivity index (χ2n) is 7.31. The molecule has 3 rings (SSSR count). The second-order valence-corrected chi connectivity index (χ2v) is 7.31. The highest BCUT2D eigenvalue weighted by molar-refractivity contribution is 6.09. The van der Waals surface area contributed by atoms with Gasteiger partial charge in [-0.2, -0.15) is 5.10 Å². The summed E-state index contributed by atoms with van der Waals surface area (Å²) in [7, 11) is 0. The van der Waals surface area contributed by atoms with E-state index in [1.54, 1.807) is 13.0 Å². The molecule has 0 saturated carbocycles. The molecule has 0 fully saturated rings. The van der Waals surface area contributed by atoms with Crippen molar-refractivity contribution in [3.63, 3.8) is 0 Å². The molecule has 3 aromatic rings. The van der Waals surface area contributed by atoms with E-state index in [1.165, 1.54) is 0 Å². The lowest BCUT2D eigenvalue weighted by atomic mass is 10.0. The highest BCUT2D eigenvalue weighted by Crippen LogP contribution is 2.22. The fraction of sp³-hybridized carbons (Fsp3) is 0.208. The molecule has 0 aliphatic heterocycles. The van der Waals surface area contributed by atoms with E-state index < -0.39 is 0 Å². The molecule has 0 heterocycles. The monoisotopic (exact) mass is 387 g/mol. The van der Waals surface area contributed by atoms with Gasteiger partial charge < -0.3 is 5.32 Å². The van der Waals surface area contributed by atoms with Gasteiger partial charge in [0.2, 0.25) is 5.91 Å². The summed E-state index contributed by atoms with van der Waals surface area (Å²) in [5.41, 5.74) is 7.67. The quantitative estimate of drug-likeness (QED) is 0.483. The van der Waals surface area contributed by atoms with E-state index in [9.17, 15) is 9.59 Å². The number of benzene rings is 3. The first-order chi connectivity index (χ1) is 13.8. The molecular formula is C24H25N3O2. The van der Waals surface area contributed by atoms with Crippen molar-refractivity contribution < 1.29 is 9.59 Å².